The largest absolute Gasteiger partial charge is 0.371 e. The normalized spacial score (nSPS) is 16.7. The molecule has 1 aliphatic rings. The average Bonchev–Trinajstić information content (AvgIpc) is 2.40. The van der Waals surface area contributed by atoms with Crippen LogP contribution in [0, 0.1) is 0 Å². The molecular formula is C14H21N3O. The van der Waals surface area contributed by atoms with Crippen LogP contribution in [0.1, 0.15) is 30.1 Å². The highest BCUT2D eigenvalue weighted by Gasteiger charge is 2.20. The molecule has 1 heterocycles. The number of para-hydroxylation sites is 1. The molecule has 0 spiro atoms. The van der Waals surface area contributed by atoms with Crippen molar-refractivity contribution in [3.8, 4) is 0 Å². The summed E-state index contributed by atoms with van der Waals surface area (Å²) in [5, 5.41) is 2.86. The average molecular weight is 247 g/mol. The van der Waals surface area contributed by atoms with Crippen LogP contribution in [0.15, 0.2) is 24.3 Å². The zero-order chi connectivity index (χ0) is 13.0. The van der Waals surface area contributed by atoms with Gasteiger partial charge < -0.3 is 16.0 Å². The standard InChI is InChI=1S/C14H21N3O/c1-2-16-14(18)12-5-3-4-6-13(12)17-9-7-11(15)8-10-17/h3-6,11H,2,7-10,15H2,1H3,(H,16,18). The van der Waals surface area contributed by atoms with Gasteiger partial charge in [0.1, 0.15) is 0 Å². The van der Waals surface area contributed by atoms with E-state index in [1.54, 1.807) is 0 Å². The molecule has 1 amide bonds. The summed E-state index contributed by atoms with van der Waals surface area (Å²) in [6, 6.07) is 8.09. The van der Waals surface area contributed by atoms with Gasteiger partial charge in [0.05, 0.1) is 5.56 Å². The lowest BCUT2D eigenvalue weighted by molar-refractivity contribution is 0.0956. The number of hydrogen-bond acceptors (Lipinski definition) is 3. The van der Waals surface area contributed by atoms with E-state index >= 15 is 0 Å². The van der Waals surface area contributed by atoms with E-state index in [1.807, 2.05) is 31.2 Å². The van der Waals surface area contributed by atoms with Gasteiger partial charge in [-0.15, -0.1) is 0 Å². The van der Waals surface area contributed by atoms with Crippen LogP contribution < -0.4 is 16.0 Å². The third-order valence-corrected chi connectivity index (χ3v) is 3.37. The van der Waals surface area contributed by atoms with Gasteiger partial charge >= 0.3 is 0 Å². The SMILES string of the molecule is CCNC(=O)c1ccccc1N1CCC(N)CC1. The van der Waals surface area contributed by atoms with Crippen molar-refractivity contribution in [2.45, 2.75) is 25.8 Å². The van der Waals surface area contributed by atoms with Crippen LogP contribution in [0.3, 0.4) is 0 Å². The van der Waals surface area contributed by atoms with Crippen molar-refractivity contribution in [1.29, 1.82) is 0 Å². The minimum atomic E-state index is 0.00275. The van der Waals surface area contributed by atoms with Crippen molar-refractivity contribution in [2.24, 2.45) is 5.73 Å². The topological polar surface area (TPSA) is 58.4 Å². The van der Waals surface area contributed by atoms with E-state index in [9.17, 15) is 4.79 Å². The van der Waals surface area contributed by atoms with E-state index in [0.29, 0.717) is 12.6 Å². The number of benzene rings is 1. The lowest BCUT2D eigenvalue weighted by Crippen LogP contribution is -2.40. The third kappa shape index (κ3) is 2.82. The fraction of sp³-hybridized carbons (Fsp3) is 0.500. The van der Waals surface area contributed by atoms with Crippen LogP contribution >= 0.6 is 0 Å². The molecule has 4 heteroatoms. The molecule has 18 heavy (non-hydrogen) atoms. The summed E-state index contributed by atoms with van der Waals surface area (Å²) < 4.78 is 0. The zero-order valence-electron chi connectivity index (χ0n) is 10.9. The first-order valence-corrected chi connectivity index (χ1v) is 6.60. The van der Waals surface area contributed by atoms with Crippen LogP contribution in [-0.4, -0.2) is 31.6 Å². The molecule has 1 fully saturated rings. The maximum atomic E-state index is 12.0. The first-order chi connectivity index (χ1) is 8.72. The van der Waals surface area contributed by atoms with Crippen molar-refractivity contribution in [2.75, 3.05) is 24.5 Å². The van der Waals surface area contributed by atoms with Gasteiger partial charge in [0.2, 0.25) is 0 Å². The Morgan fingerprint density at radius 2 is 2.06 bits per heavy atom. The maximum Gasteiger partial charge on any atom is 0.253 e. The highest BCUT2D eigenvalue weighted by molar-refractivity contribution is 5.99. The van der Waals surface area contributed by atoms with E-state index in [2.05, 4.69) is 10.2 Å². The molecule has 0 unspecified atom stereocenters. The summed E-state index contributed by atoms with van der Waals surface area (Å²) in [6.45, 7) is 4.44. The lowest BCUT2D eigenvalue weighted by atomic mass is 10.0. The quantitative estimate of drug-likeness (QED) is 0.848. The molecule has 0 radical (unpaired) electrons. The van der Waals surface area contributed by atoms with Crippen LogP contribution in [0.25, 0.3) is 0 Å². The van der Waals surface area contributed by atoms with Gasteiger partial charge in [-0.25, -0.2) is 0 Å². The molecule has 0 saturated carbocycles. The number of carbonyl (C=O) groups excluding carboxylic acids is 1. The number of amides is 1. The summed E-state index contributed by atoms with van der Waals surface area (Å²) in [5.74, 6) is 0.00275. The molecule has 0 bridgehead atoms. The van der Waals surface area contributed by atoms with Gasteiger partial charge in [0, 0.05) is 31.4 Å². The van der Waals surface area contributed by atoms with Gasteiger partial charge in [-0.3, -0.25) is 4.79 Å². The Morgan fingerprint density at radius 3 is 2.72 bits per heavy atom. The van der Waals surface area contributed by atoms with Crippen LogP contribution in [-0.2, 0) is 0 Å². The number of nitrogens with zero attached hydrogens (tertiary/aromatic N) is 1. The number of anilines is 1. The van der Waals surface area contributed by atoms with Crippen molar-refractivity contribution < 1.29 is 4.79 Å². The Bertz CT molecular complexity index is 411. The van der Waals surface area contributed by atoms with E-state index in [0.717, 1.165) is 37.2 Å². The Kier molecular flexibility index (Phi) is 4.20. The first-order valence-electron chi connectivity index (χ1n) is 6.60. The second-order valence-corrected chi connectivity index (χ2v) is 4.70. The summed E-state index contributed by atoms with van der Waals surface area (Å²) in [6.07, 6.45) is 1.98. The Labute approximate surface area is 108 Å². The highest BCUT2D eigenvalue weighted by atomic mass is 16.1. The Morgan fingerprint density at radius 1 is 1.39 bits per heavy atom. The third-order valence-electron chi connectivity index (χ3n) is 3.37. The molecule has 1 aromatic rings. The summed E-state index contributed by atoms with van der Waals surface area (Å²) >= 11 is 0. The fourth-order valence-corrected chi connectivity index (χ4v) is 2.34. The highest BCUT2D eigenvalue weighted by Crippen LogP contribution is 2.23. The molecule has 4 nitrogen and oxygen atoms in total. The predicted molar refractivity (Wildman–Crippen MR) is 73.9 cm³/mol. The number of nitrogens with one attached hydrogen (secondary N) is 1. The summed E-state index contributed by atoms with van der Waals surface area (Å²) in [7, 11) is 0. The molecule has 3 N–H and O–H groups in total. The van der Waals surface area contributed by atoms with E-state index < -0.39 is 0 Å². The molecule has 1 aliphatic heterocycles. The van der Waals surface area contributed by atoms with E-state index in [1.165, 1.54) is 0 Å². The van der Waals surface area contributed by atoms with Crippen molar-refractivity contribution >= 4 is 11.6 Å². The lowest BCUT2D eigenvalue weighted by Gasteiger charge is -2.33. The molecular weight excluding hydrogens is 226 g/mol. The molecule has 0 aromatic heterocycles. The first kappa shape index (κ1) is 12.9. The number of hydrogen-bond donors (Lipinski definition) is 2. The molecule has 1 saturated heterocycles. The molecule has 98 valence electrons. The second kappa shape index (κ2) is 5.87. The fourth-order valence-electron chi connectivity index (χ4n) is 2.34. The molecule has 2 rings (SSSR count). The predicted octanol–water partition coefficient (Wildman–Crippen LogP) is 1.36. The monoisotopic (exact) mass is 247 g/mol. The van der Waals surface area contributed by atoms with Crippen LogP contribution in [0.5, 0.6) is 0 Å². The van der Waals surface area contributed by atoms with Crippen molar-refractivity contribution in [1.82, 2.24) is 5.32 Å². The number of piperidine rings is 1. The molecule has 0 atom stereocenters. The van der Waals surface area contributed by atoms with Crippen LogP contribution in [0.2, 0.25) is 0 Å². The number of nitrogens with two attached hydrogens (primary N) is 1. The van der Waals surface area contributed by atoms with Gasteiger partial charge in [0.15, 0.2) is 0 Å². The molecule has 0 aliphatic carbocycles. The van der Waals surface area contributed by atoms with Crippen LogP contribution in [0.4, 0.5) is 5.69 Å². The minimum Gasteiger partial charge on any atom is -0.371 e. The number of carbonyl (C=O) groups is 1. The smallest absolute Gasteiger partial charge is 0.253 e. The minimum absolute atomic E-state index is 0.00275. The Hall–Kier alpha value is -1.55. The summed E-state index contributed by atoms with van der Waals surface area (Å²) in [4.78, 5) is 14.3. The van der Waals surface area contributed by atoms with Gasteiger partial charge in [0.25, 0.3) is 5.91 Å². The second-order valence-electron chi connectivity index (χ2n) is 4.70. The zero-order valence-corrected chi connectivity index (χ0v) is 10.9. The Balaban J connectivity index is 2.19. The number of rotatable bonds is 3. The van der Waals surface area contributed by atoms with Gasteiger partial charge in [-0.2, -0.15) is 0 Å². The molecule has 1 aromatic carbocycles. The summed E-state index contributed by atoms with van der Waals surface area (Å²) in [5.41, 5.74) is 7.70. The maximum absolute atomic E-state index is 12.0. The van der Waals surface area contributed by atoms with Gasteiger partial charge in [-0.1, -0.05) is 12.1 Å². The van der Waals surface area contributed by atoms with Gasteiger partial charge in [-0.05, 0) is 31.9 Å². The van der Waals surface area contributed by atoms with E-state index in [-0.39, 0.29) is 5.91 Å². The van der Waals surface area contributed by atoms with Crippen molar-refractivity contribution in [3.63, 3.8) is 0 Å². The van der Waals surface area contributed by atoms with E-state index in [4.69, 9.17) is 5.73 Å². The van der Waals surface area contributed by atoms with Crippen molar-refractivity contribution in [3.05, 3.63) is 29.8 Å².